The predicted molar refractivity (Wildman–Crippen MR) is 359 cm³/mol. The lowest BCUT2D eigenvalue weighted by molar-refractivity contribution is -0.0567. The summed E-state index contributed by atoms with van der Waals surface area (Å²) < 4.78 is 85.0. The first kappa shape index (κ1) is 73.2. The summed E-state index contributed by atoms with van der Waals surface area (Å²) in [6.45, 7) is -19.5. The second kappa shape index (κ2) is 29.1. The van der Waals surface area contributed by atoms with E-state index in [4.69, 9.17) is 130 Å². The number of nitrogens with zero attached hydrogens (tertiary/aromatic N) is 13. The summed E-state index contributed by atoms with van der Waals surface area (Å²) in [7, 11) is 0. The number of aliphatic hydroxyl groups is 2. The first-order chi connectivity index (χ1) is 47.9. The van der Waals surface area contributed by atoms with Crippen LogP contribution in [0.2, 0.25) is 0 Å². The van der Waals surface area contributed by atoms with Gasteiger partial charge >= 0.3 is 38.3 Å². The number of nitrogens with one attached hydrogen (secondary N) is 3. The molecule has 5 aliphatic rings. The van der Waals surface area contributed by atoms with Gasteiger partial charge in [0.2, 0.25) is 11.9 Å². The highest BCUT2D eigenvalue weighted by Crippen LogP contribution is 2.55. The van der Waals surface area contributed by atoms with E-state index in [1.165, 1.54) is 64.4 Å². The zero-order valence-electron chi connectivity index (χ0n) is 51.8. The van der Waals surface area contributed by atoms with E-state index in [0.717, 1.165) is 9.13 Å². The van der Waals surface area contributed by atoms with Crippen LogP contribution < -0.4 is 51.0 Å². The fourth-order valence-corrected chi connectivity index (χ4v) is 17.8. The van der Waals surface area contributed by atoms with E-state index >= 15 is 0 Å². The molecule has 5 saturated heterocycles. The summed E-state index contributed by atoms with van der Waals surface area (Å²) in [5.74, 6) is -0.525. The summed E-state index contributed by atoms with van der Waals surface area (Å²) in [6, 6.07) is 1.32. The molecule has 0 radical (unpaired) electrons. The third kappa shape index (κ3) is 16.1. The zero-order chi connectivity index (χ0) is 71.8. The molecule has 44 nitrogen and oxygen atoms in total. The number of nitrogen functional groups attached to an aromatic ring is 4. The molecular formula is C49H62N20O24P4S4. The zero-order valence-corrected chi connectivity index (χ0v) is 58.7. The van der Waals surface area contributed by atoms with Gasteiger partial charge in [-0.3, -0.25) is 52.2 Å². The fourth-order valence-electron chi connectivity index (χ4n) is 11.9. The van der Waals surface area contributed by atoms with Crippen LogP contribution in [-0.2, 0) is 107 Å². The maximum absolute atomic E-state index is 13.1. The maximum Gasteiger partial charge on any atom is 0.351 e. The number of ether oxygens (including phenoxy) is 5. The van der Waals surface area contributed by atoms with Crippen molar-refractivity contribution in [2.24, 2.45) is 0 Å². The van der Waals surface area contributed by atoms with Crippen LogP contribution in [0.15, 0.2) is 67.7 Å². The van der Waals surface area contributed by atoms with E-state index < -0.39 is 180 Å². The summed E-state index contributed by atoms with van der Waals surface area (Å²) in [5, 5.41) is 21.3. The minimum atomic E-state index is -4.56. The van der Waals surface area contributed by atoms with E-state index in [9.17, 15) is 53.8 Å². The number of aryl methyl sites for hydroxylation is 1. The highest BCUT2D eigenvalue weighted by Gasteiger charge is 2.48. The van der Waals surface area contributed by atoms with Gasteiger partial charge < -0.3 is 113 Å². The largest absolute Gasteiger partial charge is 0.394 e. The second-order valence-corrected chi connectivity index (χ2v) is 34.5. The van der Waals surface area contributed by atoms with Crippen molar-refractivity contribution in [1.82, 2.24) is 77.7 Å². The molecule has 5 fully saturated rings. The molecule has 8 aromatic heterocycles. The molecule has 13 heterocycles. The highest BCUT2D eigenvalue weighted by atomic mass is 32.5. The average Bonchev–Trinajstić information content (AvgIpc) is 1.64. The van der Waals surface area contributed by atoms with Crippen molar-refractivity contribution >= 4 is 131 Å². The van der Waals surface area contributed by atoms with Crippen LogP contribution in [0.5, 0.6) is 0 Å². The van der Waals surface area contributed by atoms with Crippen molar-refractivity contribution in [3.8, 4) is 0 Å². The Morgan fingerprint density at radius 2 is 0.921 bits per heavy atom. The van der Waals surface area contributed by atoms with Crippen LogP contribution in [0.25, 0.3) is 33.5 Å². The SMILES string of the molecule is Cc1cn([C@H]2C[C@H](O)[C@@H](COP(O)(=S)O[C@H]3C[C@H](n4ccc(N)nc4=O)O[C@@H]3COP(O)(=S)O[C@H]3C[C@H](n4cnc5c(=O)[nH]c(N)nc54)O[C@@H]3COP(O)(=S)O[C@H]3C[C@H](n4cnc5c(N)ncnc54)O[C@@H]3COP(O)(=S)O[C@H]3C[C@H](n4cnc5c(=O)[nH]c(N)nc54)O[C@@H]3CO)O2)c(=O)[nH]c1=O. The lowest BCUT2D eigenvalue weighted by atomic mass is 10.2. The van der Waals surface area contributed by atoms with Crippen LogP contribution in [0.1, 0.15) is 68.8 Å². The molecule has 0 aliphatic carbocycles. The lowest BCUT2D eigenvalue weighted by Gasteiger charge is -2.28. The number of aliphatic hydroxyl groups excluding tert-OH is 2. The van der Waals surface area contributed by atoms with Crippen molar-refractivity contribution in [2.75, 3.05) is 56.0 Å². The van der Waals surface area contributed by atoms with Crippen LogP contribution >= 0.6 is 26.9 Å². The van der Waals surface area contributed by atoms with E-state index in [0.29, 0.717) is 0 Å². The van der Waals surface area contributed by atoms with Gasteiger partial charge in [0.25, 0.3) is 16.7 Å². The molecule has 13 rings (SSSR count). The smallest absolute Gasteiger partial charge is 0.351 e. The number of anilines is 4. The third-order valence-electron chi connectivity index (χ3n) is 16.6. The van der Waals surface area contributed by atoms with Crippen LogP contribution in [-0.4, -0.2) is 202 Å². The second-order valence-electron chi connectivity index (χ2n) is 23.4. The van der Waals surface area contributed by atoms with Gasteiger partial charge in [-0.2, -0.15) is 15.0 Å². The van der Waals surface area contributed by atoms with Gasteiger partial charge in [0.15, 0.2) is 33.8 Å². The lowest BCUT2D eigenvalue weighted by Crippen LogP contribution is -2.33. The van der Waals surface area contributed by atoms with Gasteiger partial charge in [-0.25, -0.2) is 34.5 Å². The predicted octanol–water partition coefficient (Wildman–Crippen LogP) is -2.20. The van der Waals surface area contributed by atoms with E-state index in [1.807, 2.05) is 0 Å². The number of nitrogens with two attached hydrogens (primary N) is 4. The van der Waals surface area contributed by atoms with Crippen molar-refractivity contribution in [2.45, 2.75) is 131 Å². The Bertz CT molecular complexity index is 4990. The number of hydrogen-bond donors (Lipinski definition) is 13. The number of rotatable bonds is 26. The quantitative estimate of drug-likeness (QED) is 0.0256. The molecule has 19 atom stereocenters. The molecule has 546 valence electrons. The molecule has 5 aliphatic heterocycles. The Hall–Kier alpha value is -6.15. The standard InChI is InChI=1S/C49H62N20O24P4S4/c1-19-9-66(49(76)64-43(19)72)31-4-20(71)26(86-31)11-81-94(77,98)91-22-6-32(65-3-2-30(50)59-48(65)75)87-27(22)12-83-96(79,100)93-24-8-35(69-18-58-38-42(69)61-47(53)63-45(38)74)89-29(24)14-84-97(80,101)92-23-7-33(67-16-56-36-39(51)54-15-55-40(36)67)88-28(23)13-82-95(78,99)90-21-5-34(85-25(21)10-70)68-17-57-37-41(68)60-46(52)62-44(37)73/h2-3,9,15-18,20-29,31-35,70-71H,4-8,10-14H2,1H3,(H,77,98)(H,78,99)(H,79,100)(H,80,101)(H2,50,59,75)(H2,51,54,55)(H,64,72,76)(H3,52,60,62,73)(H3,53,61,63,74)/t20-,21-,22-,23-,24-,25+,26+,27+,28+,29+,31+,32+,33+,34+,35+,94?,95?,96?,97?/m0/s1. The van der Waals surface area contributed by atoms with E-state index in [2.05, 4.69) is 54.8 Å². The summed E-state index contributed by atoms with van der Waals surface area (Å²) in [5.41, 5.74) is 20.6. The third-order valence-corrected chi connectivity index (χ3v) is 23.0. The van der Waals surface area contributed by atoms with Crippen molar-refractivity contribution in [3.05, 3.63) is 101 Å². The van der Waals surface area contributed by atoms with Gasteiger partial charge in [-0.1, -0.05) is 0 Å². The monoisotopic (exact) mass is 1570 g/mol. The highest BCUT2D eigenvalue weighted by molar-refractivity contribution is 8.08. The van der Waals surface area contributed by atoms with Crippen LogP contribution in [0.4, 0.5) is 23.5 Å². The van der Waals surface area contributed by atoms with Gasteiger partial charge in [-0.15, -0.1) is 0 Å². The summed E-state index contributed by atoms with van der Waals surface area (Å²) in [6.07, 6.45) is -11.0. The van der Waals surface area contributed by atoms with Gasteiger partial charge in [0.1, 0.15) is 79.3 Å². The Balaban J connectivity index is 0.704. The number of H-pyrrole nitrogens is 3. The Morgan fingerprint density at radius 3 is 1.39 bits per heavy atom. The van der Waals surface area contributed by atoms with Crippen LogP contribution in [0, 0.1) is 6.92 Å². The number of aromatic amines is 3. The minimum absolute atomic E-state index is 0.0362. The van der Waals surface area contributed by atoms with Crippen LogP contribution in [0.3, 0.4) is 0 Å². The number of aromatic nitrogens is 16. The Morgan fingerprint density at radius 1 is 0.515 bits per heavy atom. The van der Waals surface area contributed by atoms with Gasteiger partial charge in [0.05, 0.1) is 82.5 Å². The normalized spacial score (nSPS) is 29.4. The first-order valence-corrected chi connectivity index (χ1v) is 40.5. The molecule has 8 aromatic rings. The molecule has 0 bridgehead atoms. The summed E-state index contributed by atoms with van der Waals surface area (Å²) >= 11 is 22.1. The fraction of sp³-hybridized carbons (Fsp3) is 0.531. The molecule has 0 spiro atoms. The molecule has 17 N–H and O–H groups in total. The maximum atomic E-state index is 13.1. The molecule has 101 heavy (non-hydrogen) atoms. The van der Waals surface area contributed by atoms with Gasteiger partial charge in [-0.05, 0) is 60.2 Å². The molecule has 52 heteroatoms. The minimum Gasteiger partial charge on any atom is -0.394 e. The average molecular weight is 1570 g/mol. The number of fused-ring (bicyclic) bond motifs is 3. The Kier molecular flexibility index (Phi) is 21.1. The number of imidazole rings is 3. The first-order valence-electron chi connectivity index (χ1n) is 30.1. The molecule has 0 saturated carbocycles. The van der Waals surface area contributed by atoms with Crippen molar-refractivity contribution in [3.63, 3.8) is 0 Å². The van der Waals surface area contributed by atoms with Crippen molar-refractivity contribution in [1.29, 1.82) is 0 Å². The summed E-state index contributed by atoms with van der Waals surface area (Å²) in [4.78, 5) is 150. The Labute approximate surface area is 584 Å². The van der Waals surface area contributed by atoms with Crippen molar-refractivity contribution < 1.29 is 89.7 Å². The molecule has 4 unspecified atom stereocenters. The molecule has 0 aromatic carbocycles. The van der Waals surface area contributed by atoms with Gasteiger partial charge in [0, 0.05) is 50.1 Å². The molecular weight excluding hydrogens is 1500 g/mol. The van der Waals surface area contributed by atoms with E-state index in [1.54, 1.807) is 0 Å². The van der Waals surface area contributed by atoms with E-state index in [-0.39, 0.29) is 94.7 Å². The molecule has 0 amide bonds. The topological polar surface area (TPSA) is 606 Å². The number of hydrogen-bond acceptors (Lipinski definition) is 36.